The van der Waals surface area contributed by atoms with E-state index >= 15 is 0 Å². The van der Waals surface area contributed by atoms with E-state index in [4.69, 9.17) is 0 Å². The van der Waals surface area contributed by atoms with Gasteiger partial charge in [0.15, 0.2) is 0 Å². The van der Waals surface area contributed by atoms with Crippen LogP contribution in [0.5, 0.6) is 0 Å². The fourth-order valence-electron chi connectivity index (χ4n) is 2.53. The van der Waals surface area contributed by atoms with Crippen molar-refractivity contribution in [2.45, 2.75) is 46.5 Å². The predicted octanol–water partition coefficient (Wildman–Crippen LogP) is 6.93. The molecule has 3 heteroatoms. The third kappa shape index (κ3) is 4.39. The van der Waals surface area contributed by atoms with Crippen LogP contribution in [0.2, 0.25) is 0 Å². The van der Waals surface area contributed by atoms with Gasteiger partial charge in [0.2, 0.25) is 0 Å². The highest BCUT2D eigenvalue weighted by atomic mass is 127. The Morgan fingerprint density at radius 3 is 2.76 bits per heavy atom. The van der Waals surface area contributed by atoms with Gasteiger partial charge in [-0.25, -0.2) is 4.98 Å². The number of unbranched alkanes of at least 4 members (excludes halogenated alkanes) is 2. The summed E-state index contributed by atoms with van der Waals surface area (Å²) in [7, 11) is 0. The Morgan fingerprint density at radius 1 is 1.29 bits per heavy atom. The van der Waals surface area contributed by atoms with Crippen LogP contribution in [0.25, 0.3) is 21.9 Å². The van der Waals surface area contributed by atoms with Crippen LogP contribution in [0.15, 0.2) is 30.5 Å². The lowest BCUT2D eigenvalue weighted by Gasteiger charge is -2.08. The minimum absolute atomic E-state index is 0. The molecular formula is C18H24INS. The highest BCUT2D eigenvalue weighted by Crippen LogP contribution is 2.37. The van der Waals surface area contributed by atoms with Gasteiger partial charge in [-0.15, -0.1) is 35.3 Å². The minimum Gasteiger partial charge on any atom is -0.245 e. The first-order valence-electron chi connectivity index (χ1n) is 7.47. The van der Waals surface area contributed by atoms with Crippen molar-refractivity contribution in [3.8, 4) is 0 Å². The molecule has 21 heavy (non-hydrogen) atoms. The van der Waals surface area contributed by atoms with Crippen molar-refractivity contribution in [2.75, 3.05) is 0 Å². The van der Waals surface area contributed by atoms with Crippen LogP contribution in [0.4, 0.5) is 0 Å². The third-order valence-corrected chi connectivity index (χ3v) is 4.61. The van der Waals surface area contributed by atoms with Crippen LogP contribution in [0.1, 0.15) is 56.9 Å². The molecule has 0 aliphatic heterocycles. The largest absolute Gasteiger partial charge is 0.245 e. The van der Waals surface area contributed by atoms with Crippen LogP contribution >= 0.6 is 35.3 Å². The van der Waals surface area contributed by atoms with Crippen molar-refractivity contribution >= 4 is 57.2 Å². The van der Waals surface area contributed by atoms with Crippen LogP contribution in [0.3, 0.4) is 0 Å². The van der Waals surface area contributed by atoms with E-state index in [2.05, 4.69) is 50.0 Å². The van der Waals surface area contributed by atoms with E-state index in [1.807, 2.05) is 12.3 Å². The van der Waals surface area contributed by atoms with Crippen molar-refractivity contribution in [1.29, 1.82) is 0 Å². The molecule has 0 aliphatic carbocycles. The quantitative estimate of drug-likeness (QED) is 0.370. The van der Waals surface area contributed by atoms with E-state index in [9.17, 15) is 0 Å². The van der Waals surface area contributed by atoms with E-state index in [1.165, 1.54) is 40.7 Å². The molecule has 0 saturated carbocycles. The number of pyridine rings is 1. The lowest BCUT2D eigenvalue weighted by atomic mass is 9.97. The van der Waals surface area contributed by atoms with Crippen molar-refractivity contribution in [3.63, 3.8) is 0 Å². The summed E-state index contributed by atoms with van der Waals surface area (Å²) < 4.78 is 0. The van der Waals surface area contributed by atoms with Crippen LogP contribution in [0, 0.1) is 0 Å². The van der Waals surface area contributed by atoms with Gasteiger partial charge < -0.3 is 0 Å². The van der Waals surface area contributed by atoms with E-state index in [0.29, 0.717) is 0 Å². The Balaban J connectivity index is 0.00000220. The summed E-state index contributed by atoms with van der Waals surface area (Å²) in [6.07, 6.45) is 13.5. The van der Waals surface area contributed by atoms with Crippen molar-refractivity contribution in [1.82, 2.24) is 4.98 Å². The number of hydrogen-bond acceptors (Lipinski definition) is 2. The van der Waals surface area contributed by atoms with E-state index < -0.39 is 0 Å². The lowest BCUT2D eigenvalue weighted by molar-refractivity contribution is 0.735. The number of nitrogens with zero attached hydrogens (tertiary/aromatic N) is 1. The summed E-state index contributed by atoms with van der Waals surface area (Å²) >= 11 is 1.79. The van der Waals surface area contributed by atoms with Gasteiger partial charge in [-0.3, -0.25) is 0 Å². The van der Waals surface area contributed by atoms with Gasteiger partial charge >= 0.3 is 0 Å². The molecule has 0 N–H and O–H groups in total. The van der Waals surface area contributed by atoms with Crippen molar-refractivity contribution in [2.24, 2.45) is 0 Å². The Bertz CT molecular complexity index is 625. The van der Waals surface area contributed by atoms with Gasteiger partial charge in [0, 0.05) is 22.0 Å². The summed E-state index contributed by atoms with van der Waals surface area (Å²) in [6, 6.07) is 4.24. The van der Waals surface area contributed by atoms with E-state index in [0.717, 1.165) is 11.3 Å². The maximum Gasteiger partial charge on any atom is 0.124 e. The van der Waals surface area contributed by atoms with Crippen LogP contribution in [-0.2, 0) is 0 Å². The molecule has 1 nitrogen and oxygen atoms in total. The van der Waals surface area contributed by atoms with Gasteiger partial charge in [-0.2, -0.15) is 0 Å². The fourth-order valence-corrected chi connectivity index (χ4v) is 3.68. The number of allylic oxidation sites excluding steroid dienone is 3. The molecule has 0 fully saturated rings. The molecule has 0 radical (unpaired) electrons. The molecule has 114 valence electrons. The van der Waals surface area contributed by atoms with Crippen molar-refractivity contribution in [3.05, 3.63) is 40.9 Å². The molecule has 0 bridgehead atoms. The molecule has 2 heterocycles. The van der Waals surface area contributed by atoms with Crippen LogP contribution in [-0.4, -0.2) is 4.98 Å². The second-order valence-corrected chi connectivity index (χ2v) is 6.00. The van der Waals surface area contributed by atoms with Gasteiger partial charge in [-0.05, 0) is 50.5 Å². The third-order valence-electron chi connectivity index (χ3n) is 3.53. The second-order valence-electron chi connectivity index (χ2n) is 4.97. The smallest absolute Gasteiger partial charge is 0.124 e. The molecule has 0 aromatic carbocycles. The first kappa shape index (κ1) is 18.4. The highest BCUT2D eigenvalue weighted by Gasteiger charge is 2.14. The summed E-state index contributed by atoms with van der Waals surface area (Å²) in [5, 5.41) is 1.30. The normalized spacial score (nSPS) is 12.0. The Labute approximate surface area is 149 Å². The number of thiophene rings is 1. The average molecular weight is 413 g/mol. The number of fused-ring (bicyclic) bond motifs is 1. The van der Waals surface area contributed by atoms with Crippen molar-refractivity contribution < 1.29 is 0 Å². The van der Waals surface area contributed by atoms with Crippen LogP contribution < -0.4 is 0 Å². The van der Waals surface area contributed by atoms with Gasteiger partial charge in [-0.1, -0.05) is 31.9 Å². The second kappa shape index (κ2) is 9.36. The molecule has 0 unspecified atom stereocenters. The molecule has 0 amide bonds. The summed E-state index contributed by atoms with van der Waals surface area (Å²) in [5.41, 5.74) is 2.86. The van der Waals surface area contributed by atoms with Gasteiger partial charge in [0.05, 0.1) is 0 Å². The lowest BCUT2D eigenvalue weighted by Crippen LogP contribution is -1.87. The summed E-state index contributed by atoms with van der Waals surface area (Å²) in [6.45, 7) is 6.49. The average Bonchev–Trinajstić information content (AvgIpc) is 2.82. The standard InChI is InChI=1S/C18H23NS.HI/c1-4-7-8-11-14(6-3)17-15-12-9-13-19-18(15)20-16(17)10-5-2;/h5-6,9-10,12-13H,4,7-8,11H2,1-3H3;1H. The summed E-state index contributed by atoms with van der Waals surface area (Å²) in [5.74, 6) is 0. The number of rotatable bonds is 6. The van der Waals surface area contributed by atoms with Gasteiger partial charge in [0.25, 0.3) is 0 Å². The zero-order valence-corrected chi connectivity index (χ0v) is 16.2. The zero-order valence-electron chi connectivity index (χ0n) is 13.1. The first-order valence-corrected chi connectivity index (χ1v) is 8.29. The monoisotopic (exact) mass is 413 g/mol. The Hall–Kier alpha value is -0.680. The molecule has 2 rings (SSSR count). The molecule has 0 saturated heterocycles. The molecule has 0 spiro atoms. The number of halogens is 1. The summed E-state index contributed by atoms with van der Waals surface area (Å²) in [4.78, 5) is 7.00. The molecule has 2 aromatic rings. The number of aromatic nitrogens is 1. The Morgan fingerprint density at radius 2 is 2.10 bits per heavy atom. The van der Waals surface area contributed by atoms with Gasteiger partial charge in [0.1, 0.15) is 4.83 Å². The SMILES string of the molecule is CC=Cc1sc2ncccc2c1C(=CC)CCCCC.I. The number of hydrogen-bond donors (Lipinski definition) is 0. The first-order chi connectivity index (χ1) is 9.81. The molecule has 0 aliphatic rings. The molecule has 2 aromatic heterocycles. The van der Waals surface area contributed by atoms with E-state index in [-0.39, 0.29) is 24.0 Å². The van der Waals surface area contributed by atoms with E-state index in [1.54, 1.807) is 11.3 Å². The Kier molecular flexibility index (Phi) is 8.19. The molecule has 0 atom stereocenters. The fraction of sp³-hybridized carbons (Fsp3) is 0.389. The highest BCUT2D eigenvalue weighted by molar-refractivity contribution is 14.0. The zero-order chi connectivity index (χ0) is 14.4. The maximum absolute atomic E-state index is 4.52. The minimum atomic E-state index is 0. The predicted molar refractivity (Wildman–Crippen MR) is 108 cm³/mol. The topological polar surface area (TPSA) is 12.9 Å². The maximum atomic E-state index is 4.52. The molecular weight excluding hydrogens is 389 g/mol.